The number of allylic oxidation sites excluding steroid dienone is 2. The predicted octanol–water partition coefficient (Wildman–Crippen LogP) is 3.23. The molecule has 0 amide bonds. The topological polar surface area (TPSA) is 146 Å². The minimum atomic E-state index is -1.53. The van der Waals surface area contributed by atoms with E-state index in [9.17, 15) is 34.2 Å². The Hall–Kier alpha value is -2.45. The van der Waals surface area contributed by atoms with Gasteiger partial charge in [0.05, 0.1) is 12.0 Å². The number of carboxylic acid groups (broad SMARTS) is 1. The highest BCUT2D eigenvalue weighted by Gasteiger charge is 2.73. The van der Waals surface area contributed by atoms with Crippen LogP contribution in [-0.2, 0) is 24.0 Å². The van der Waals surface area contributed by atoms with Crippen LogP contribution >= 0.6 is 0 Å². The fourth-order valence-corrected chi connectivity index (χ4v) is 8.51. The maximum Gasteiger partial charge on any atom is 0.306 e. The van der Waals surface area contributed by atoms with Crippen molar-refractivity contribution in [1.29, 1.82) is 0 Å². The van der Waals surface area contributed by atoms with Gasteiger partial charge in [0.15, 0.2) is 17.3 Å². The third-order valence-electron chi connectivity index (χ3n) is 11.1. The van der Waals surface area contributed by atoms with E-state index in [4.69, 9.17) is 5.11 Å². The first kappa shape index (κ1) is 28.6. The zero-order chi connectivity index (χ0) is 28.7. The largest absolute Gasteiger partial charge is 0.481 e. The first-order chi connectivity index (χ1) is 17.4. The monoisotopic (exact) mass is 528 g/mol. The number of carbonyl (C=O) groups is 5. The first-order valence-electron chi connectivity index (χ1n) is 13.5. The van der Waals surface area contributed by atoms with Crippen molar-refractivity contribution in [2.75, 3.05) is 0 Å². The van der Waals surface area contributed by atoms with Crippen LogP contribution in [0.1, 0.15) is 80.6 Å². The summed E-state index contributed by atoms with van der Waals surface area (Å²) in [6.07, 6.45) is -0.559. The minimum absolute atomic E-state index is 0.0558. The van der Waals surface area contributed by atoms with Crippen molar-refractivity contribution >= 4 is 29.1 Å². The molecule has 0 aromatic rings. The van der Waals surface area contributed by atoms with Gasteiger partial charge in [-0.1, -0.05) is 47.1 Å². The summed E-state index contributed by atoms with van der Waals surface area (Å²) in [5.41, 5.74) is -3.08. The maximum atomic E-state index is 14.1. The number of carboxylic acids is 1. The van der Waals surface area contributed by atoms with Gasteiger partial charge in [-0.3, -0.25) is 24.0 Å². The fourth-order valence-electron chi connectivity index (χ4n) is 8.51. The van der Waals surface area contributed by atoms with E-state index in [0.29, 0.717) is 12.0 Å². The molecule has 2 fully saturated rings. The lowest BCUT2D eigenvalue weighted by molar-refractivity contribution is -0.156. The van der Waals surface area contributed by atoms with Crippen LogP contribution in [0.2, 0.25) is 0 Å². The van der Waals surface area contributed by atoms with Crippen LogP contribution in [0, 0.1) is 39.4 Å². The van der Waals surface area contributed by atoms with Crippen molar-refractivity contribution in [3.8, 4) is 0 Å². The van der Waals surface area contributed by atoms with E-state index in [2.05, 4.69) is 0 Å². The van der Waals surface area contributed by atoms with Gasteiger partial charge < -0.3 is 15.3 Å². The molecule has 8 heteroatoms. The Morgan fingerprint density at radius 3 is 2.24 bits per heavy atom. The Morgan fingerprint density at radius 2 is 1.66 bits per heavy atom. The van der Waals surface area contributed by atoms with Gasteiger partial charge in [0, 0.05) is 52.1 Å². The molecular formula is C30H40O8. The SMILES string of the molecule is C/C(=C\C(=O)C[C@H](C)C(=O)O)[C@H]1C[C@@H](O)[C@@]2(C)C3=C(C(=O)[C@H](O)[C@]12C)[C@@]1(C)CCC(=O)C(C)(C)[C@@H]1CC3=O. The van der Waals surface area contributed by atoms with Crippen LogP contribution in [0.5, 0.6) is 0 Å². The minimum Gasteiger partial charge on any atom is -0.481 e. The zero-order valence-electron chi connectivity index (χ0n) is 23.4. The average molecular weight is 529 g/mol. The van der Waals surface area contributed by atoms with Crippen molar-refractivity contribution < 1.29 is 39.3 Å². The molecule has 0 aromatic heterocycles. The summed E-state index contributed by atoms with van der Waals surface area (Å²) in [4.78, 5) is 64.7. The highest BCUT2D eigenvalue weighted by atomic mass is 16.4. The van der Waals surface area contributed by atoms with Crippen LogP contribution in [0.3, 0.4) is 0 Å². The number of hydrogen-bond acceptors (Lipinski definition) is 7. The van der Waals surface area contributed by atoms with Gasteiger partial charge in [-0.2, -0.15) is 0 Å². The Morgan fingerprint density at radius 1 is 1.05 bits per heavy atom. The van der Waals surface area contributed by atoms with Gasteiger partial charge in [-0.25, -0.2) is 0 Å². The Kier molecular flexibility index (Phi) is 6.60. The predicted molar refractivity (Wildman–Crippen MR) is 138 cm³/mol. The van der Waals surface area contributed by atoms with E-state index >= 15 is 0 Å². The molecule has 2 saturated carbocycles. The molecule has 0 radical (unpaired) electrons. The Bertz CT molecular complexity index is 1210. The summed E-state index contributed by atoms with van der Waals surface area (Å²) < 4.78 is 0. The van der Waals surface area contributed by atoms with Crippen molar-refractivity contribution in [2.24, 2.45) is 39.4 Å². The number of Topliss-reactive ketones (excluding diaryl/α,β-unsaturated/α-hetero) is 3. The van der Waals surface area contributed by atoms with Gasteiger partial charge >= 0.3 is 5.97 Å². The standard InChI is InChI=1S/C30H40O8/c1-14(10-16(31)11-15(2)26(37)38)17-12-21(34)30(7)22-18(32)13-19-27(3,4)20(33)8-9-28(19,5)23(22)24(35)25(36)29(17,30)6/h10,15,17,19,21,25,34,36H,8-9,11-13H2,1-7H3,(H,37,38)/b14-10+/t15-,17+,19-,21+,25-,28-,29-,30-/m0/s1. The number of hydrogen-bond donors (Lipinski definition) is 3. The number of ketones is 4. The lowest BCUT2D eigenvalue weighted by atomic mass is 9.42. The summed E-state index contributed by atoms with van der Waals surface area (Å²) >= 11 is 0. The number of fused-ring (bicyclic) bond motifs is 4. The number of aliphatic hydroxyl groups is 2. The van der Waals surface area contributed by atoms with Gasteiger partial charge in [0.25, 0.3) is 0 Å². The molecule has 8 nitrogen and oxygen atoms in total. The highest BCUT2D eigenvalue weighted by molar-refractivity contribution is 6.14. The third-order valence-corrected chi connectivity index (χ3v) is 11.1. The first-order valence-corrected chi connectivity index (χ1v) is 13.5. The number of rotatable bonds is 5. The molecule has 4 rings (SSSR count). The lowest BCUT2D eigenvalue weighted by Gasteiger charge is -2.60. The molecule has 0 aromatic carbocycles. The van der Waals surface area contributed by atoms with Crippen LogP contribution in [0.4, 0.5) is 0 Å². The van der Waals surface area contributed by atoms with Crippen LogP contribution in [0.15, 0.2) is 22.8 Å². The summed E-state index contributed by atoms with van der Waals surface area (Å²) in [6.45, 7) is 12.1. The van der Waals surface area contributed by atoms with E-state index in [-0.39, 0.29) is 54.2 Å². The zero-order valence-corrected chi connectivity index (χ0v) is 23.4. The summed E-state index contributed by atoms with van der Waals surface area (Å²) in [7, 11) is 0. The summed E-state index contributed by atoms with van der Waals surface area (Å²) in [5, 5.41) is 32.4. The second-order valence-electron chi connectivity index (χ2n) is 13.3. The third kappa shape index (κ3) is 3.52. The maximum absolute atomic E-state index is 14.1. The second-order valence-corrected chi connectivity index (χ2v) is 13.3. The molecule has 0 saturated heterocycles. The molecule has 4 aliphatic carbocycles. The molecule has 0 bridgehead atoms. The van der Waals surface area contributed by atoms with Crippen molar-refractivity contribution in [1.82, 2.24) is 0 Å². The molecule has 8 atom stereocenters. The van der Waals surface area contributed by atoms with Crippen molar-refractivity contribution in [2.45, 2.75) is 92.8 Å². The van der Waals surface area contributed by atoms with Crippen LogP contribution < -0.4 is 0 Å². The Balaban J connectivity index is 1.86. The molecule has 3 N–H and O–H groups in total. The van der Waals surface area contributed by atoms with Crippen molar-refractivity contribution in [3.05, 3.63) is 22.8 Å². The molecule has 38 heavy (non-hydrogen) atoms. The fraction of sp³-hybridized carbons (Fsp3) is 0.700. The normalized spacial score (nSPS) is 41.4. The Labute approximate surface area is 223 Å². The van der Waals surface area contributed by atoms with Gasteiger partial charge in [0.1, 0.15) is 11.9 Å². The smallest absolute Gasteiger partial charge is 0.306 e. The second kappa shape index (κ2) is 8.78. The van der Waals surface area contributed by atoms with E-state index in [1.54, 1.807) is 20.8 Å². The molecule has 0 aliphatic heterocycles. The van der Waals surface area contributed by atoms with E-state index < -0.39 is 63.4 Å². The molecule has 208 valence electrons. The van der Waals surface area contributed by atoms with E-state index in [1.807, 2.05) is 20.8 Å². The molecule has 4 aliphatic rings. The lowest BCUT2D eigenvalue weighted by Crippen LogP contribution is -2.64. The van der Waals surface area contributed by atoms with E-state index in [0.717, 1.165) is 0 Å². The van der Waals surface area contributed by atoms with E-state index in [1.165, 1.54) is 13.0 Å². The van der Waals surface area contributed by atoms with Gasteiger partial charge in [0.2, 0.25) is 0 Å². The van der Waals surface area contributed by atoms with Gasteiger partial charge in [-0.15, -0.1) is 0 Å². The quantitative estimate of drug-likeness (QED) is 0.461. The summed E-state index contributed by atoms with van der Waals surface area (Å²) in [5.74, 6) is -4.08. The molecule has 0 unspecified atom stereocenters. The van der Waals surface area contributed by atoms with Crippen LogP contribution in [0.25, 0.3) is 0 Å². The number of carbonyl (C=O) groups excluding carboxylic acids is 4. The number of aliphatic hydroxyl groups excluding tert-OH is 2. The van der Waals surface area contributed by atoms with Gasteiger partial charge in [-0.05, 0) is 37.7 Å². The van der Waals surface area contributed by atoms with Crippen molar-refractivity contribution in [3.63, 3.8) is 0 Å². The highest BCUT2D eigenvalue weighted by Crippen LogP contribution is 2.70. The molecular weight excluding hydrogens is 488 g/mol. The summed E-state index contributed by atoms with van der Waals surface area (Å²) in [6, 6.07) is 0. The number of aliphatic carboxylic acids is 1. The van der Waals surface area contributed by atoms with Crippen LogP contribution in [-0.4, -0.2) is 56.6 Å². The molecule has 0 spiro atoms. The average Bonchev–Trinajstić information content (AvgIpc) is 3.03. The molecule has 0 heterocycles.